The van der Waals surface area contributed by atoms with Crippen LogP contribution in [0.15, 0.2) is 48.5 Å². The summed E-state index contributed by atoms with van der Waals surface area (Å²) in [4.78, 5) is 11.9. The van der Waals surface area contributed by atoms with Gasteiger partial charge in [-0.25, -0.2) is 4.39 Å². The first-order chi connectivity index (χ1) is 10.2. The van der Waals surface area contributed by atoms with Gasteiger partial charge in [-0.2, -0.15) is 0 Å². The lowest BCUT2D eigenvalue weighted by atomic mass is 10.1. The zero-order valence-electron chi connectivity index (χ0n) is 11.9. The maximum Gasteiger partial charge on any atom is 0.224 e. The Morgan fingerprint density at radius 3 is 2.76 bits per heavy atom. The first kappa shape index (κ1) is 15.0. The van der Waals surface area contributed by atoms with Crippen molar-refractivity contribution in [1.82, 2.24) is 5.32 Å². The van der Waals surface area contributed by atoms with E-state index in [-0.39, 0.29) is 18.1 Å². The van der Waals surface area contributed by atoms with Gasteiger partial charge in [-0.05, 0) is 30.2 Å². The minimum absolute atomic E-state index is 0.0732. The smallest absolute Gasteiger partial charge is 0.224 e. The number of amides is 1. The van der Waals surface area contributed by atoms with Gasteiger partial charge < -0.3 is 10.1 Å². The predicted octanol–water partition coefficient (Wildman–Crippen LogP) is 2.74. The number of hydrogen-bond acceptors (Lipinski definition) is 2. The van der Waals surface area contributed by atoms with Crippen molar-refractivity contribution in [2.75, 3.05) is 13.7 Å². The molecule has 2 rings (SSSR count). The van der Waals surface area contributed by atoms with Crippen LogP contribution in [-0.4, -0.2) is 19.6 Å². The third-order valence-corrected chi connectivity index (χ3v) is 3.17. The zero-order chi connectivity index (χ0) is 15.1. The van der Waals surface area contributed by atoms with E-state index in [0.29, 0.717) is 18.7 Å². The number of para-hydroxylation sites is 1. The van der Waals surface area contributed by atoms with Crippen LogP contribution in [0.25, 0.3) is 0 Å². The fraction of sp³-hybridized carbons (Fsp3) is 0.235. The van der Waals surface area contributed by atoms with Crippen molar-refractivity contribution in [1.29, 1.82) is 0 Å². The van der Waals surface area contributed by atoms with Crippen molar-refractivity contribution < 1.29 is 13.9 Å². The maximum absolute atomic E-state index is 13.0. The summed E-state index contributed by atoms with van der Waals surface area (Å²) in [7, 11) is 1.58. The highest BCUT2D eigenvalue weighted by atomic mass is 19.1. The average Bonchev–Trinajstić information content (AvgIpc) is 2.48. The standard InChI is InChI=1S/C17H18FNO2/c1-21-16-8-3-2-6-14(16)12-17(20)19-10-9-13-5-4-7-15(18)11-13/h2-8,11H,9-10,12H2,1H3,(H,19,20). The topological polar surface area (TPSA) is 38.3 Å². The van der Waals surface area contributed by atoms with E-state index in [1.54, 1.807) is 13.2 Å². The Balaban J connectivity index is 1.82. The summed E-state index contributed by atoms with van der Waals surface area (Å²) >= 11 is 0. The van der Waals surface area contributed by atoms with Crippen LogP contribution >= 0.6 is 0 Å². The second-order valence-electron chi connectivity index (χ2n) is 4.72. The van der Waals surface area contributed by atoms with Crippen LogP contribution in [0.3, 0.4) is 0 Å². The van der Waals surface area contributed by atoms with Gasteiger partial charge in [0, 0.05) is 12.1 Å². The number of carbonyl (C=O) groups excluding carboxylic acids is 1. The maximum atomic E-state index is 13.0. The average molecular weight is 287 g/mol. The summed E-state index contributed by atoms with van der Waals surface area (Å²) in [6.45, 7) is 0.484. The normalized spacial score (nSPS) is 10.2. The zero-order valence-corrected chi connectivity index (χ0v) is 11.9. The van der Waals surface area contributed by atoms with E-state index in [1.165, 1.54) is 12.1 Å². The van der Waals surface area contributed by atoms with Crippen molar-refractivity contribution in [3.63, 3.8) is 0 Å². The van der Waals surface area contributed by atoms with E-state index in [4.69, 9.17) is 4.74 Å². The molecule has 0 radical (unpaired) electrons. The summed E-state index contributed by atoms with van der Waals surface area (Å²) in [5, 5.41) is 2.83. The molecule has 0 aliphatic rings. The molecule has 4 heteroatoms. The Hall–Kier alpha value is -2.36. The van der Waals surface area contributed by atoms with Crippen LogP contribution < -0.4 is 10.1 Å². The summed E-state index contributed by atoms with van der Waals surface area (Å²) in [5.41, 5.74) is 1.72. The third kappa shape index (κ3) is 4.60. The Morgan fingerprint density at radius 2 is 2.00 bits per heavy atom. The number of nitrogens with one attached hydrogen (secondary N) is 1. The lowest BCUT2D eigenvalue weighted by Gasteiger charge is -2.09. The van der Waals surface area contributed by atoms with Crippen molar-refractivity contribution >= 4 is 5.91 Å². The number of halogens is 1. The van der Waals surface area contributed by atoms with Gasteiger partial charge >= 0.3 is 0 Å². The minimum atomic E-state index is -0.257. The second-order valence-corrected chi connectivity index (χ2v) is 4.72. The first-order valence-electron chi connectivity index (χ1n) is 6.82. The van der Waals surface area contributed by atoms with Crippen LogP contribution in [0.5, 0.6) is 5.75 Å². The highest BCUT2D eigenvalue weighted by molar-refractivity contribution is 5.79. The molecule has 0 aliphatic heterocycles. The molecule has 0 bridgehead atoms. The predicted molar refractivity (Wildman–Crippen MR) is 79.8 cm³/mol. The highest BCUT2D eigenvalue weighted by Crippen LogP contribution is 2.17. The van der Waals surface area contributed by atoms with E-state index in [9.17, 15) is 9.18 Å². The van der Waals surface area contributed by atoms with E-state index < -0.39 is 0 Å². The van der Waals surface area contributed by atoms with Crippen molar-refractivity contribution in [2.45, 2.75) is 12.8 Å². The lowest BCUT2D eigenvalue weighted by molar-refractivity contribution is -0.120. The van der Waals surface area contributed by atoms with Crippen LogP contribution in [0.1, 0.15) is 11.1 Å². The fourth-order valence-electron chi connectivity index (χ4n) is 2.12. The van der Waals surface area contributed by atoms with Crippen molar-refractivity contribution in [2.24, 2.45) is 0 Å². The molecule has 0 atom stereocenters. The molecule has 0 heterocycles. The van der Waals surface area contributed by atoms with Gasteiger partial charge in [0.2, 0.25) is 5.91 Å². The van der Waals surface area contributed by atoms with E-state index >= 15 is 0 Å². The summed E-state index contributed by atoms with van der Waals surface area (Å²) in [5.74, 6) is 0.376. The first-order valence-corrected chi connectivity index (χ1v) is 6.82. The quantitative estimate of drug-likeness (QED) is 0.887. The van der Waals surface area contributed by atoms with Gasteiger partial charge in [0.1, 0.15) is 11.6 Å². The minimum Gasteiger partial charge on any atom is -0.496 e. The SMILES string of the molecule is COc1ccccc1CC(=O)NCCc1cccc(F)c1. The molecule has 0 fully saturated rings. The number of methoxy groups -OCH3 is 1. The number of carbonyl (C=O) groups is 1. The Morgan fingerprint density at radius 1 is 1.19 bits per heavy atom. The molecule has 0 unspecified atom stereocenters. The second kappa shape index (κ2) is 7.43. The van der Waals surface area contributed by atoms with Gasteiger partial charge in [0.25, 0.3) is 0 Å². The molecule has 2 aromatic rings. The molecule has 3 nitrogen and oxygen atoms in total. The van der Waals surface area contributed by atoms with Gasteiger partial charge in [-0.3, -0.25) is 4.79 Å². The molecule has 110 valence electrons. The Labute approximate surface area is 123 Å². The van der Waals surface area contributed by atoms with Gasteiger partial charge in [0.15, 0.2) is 0 Å². The van der Waals surface area contributed by atoms with Gasteiger partial charge in [-0.1, -0.05) is 30.3 Å². The molecule has 1 amide bonds. The van der Waals surface area contributed by atoms with Crippen molar-refractivity contribution in [3.05, 3.63) is 65.5 Å². The van der Waals surface area contributed by atoms with Crippen LogP contribution in [0, 0.1) is 5.82 Å². The summed E-state index contributed by atoms with van der Waals surface area (Å²) in [6.07, 6.45) is 0.878. The largest absolute Gasteiger partial charge is 0.496 e. The van der Waals surface area contributed by atoms with Crippen LogP contribution in [0.2, 0.25) is 0 Å². The molecule has 0 aliphatic carbocycles. The molecule has 0 aromatic heterocycles. The van der Waals surface area contributed by atoms with Crippen LogP contribution in [-0.2, 0) is 17.6 Å². The summed E-state index contributed by atoms with van der Waals surface area (Å²) in [6, 6.07) is 13.8. The number of hydrogen-bond donors (Lipinski definition) is 1. The van der Waals surface area contributed by atoms with E-state index in [0.717, 1.165) is 11.1 Å². The Kier molecular flexibility index (Phi) is 5.32. The molecule has 2 aromatic carbocycles. The van der Waals surface area contributed by atoms with E-state index in [1.807, 2.05) is 30.3 Å². The van der Waals surface area contributed by atoms with Gasteiger partial charge in [0.05, 0.1) is 13.5 Å². The highest BCUT2D eigenvalue weighted by Gasteiger charge is 2.07. The van der Waals surface area contributed by atoms with E-state index in [2.05, 4.69) is 5.32 Å². The van der Waals surface area contributed by atoms with Crippen molar-refractivity contribution in [3.8, 4) is 5.75 Å². The Bertz CT molecular complexity index is 613. The molecule has 0 saturated heterocycles. The summed E-state index contributed by atoms with van der Waals surface area (Å²) < 4.78 is 18.2. The molecule has 1 N–H and O–H groups in total. The molecule has 21 heavy (non-hydrogen) atoms. The molecular weight excluding hydrogens is 269 g/mol. The number of ether oxygens (including phenoxy) is 1. The molecule has 0 spiro atoms. The molecule has 0 saturated carbocycles. The van der Waals surface area contributed by atoms with Crippen LogP contribution in [0.4, 0.5) is 4.39 Å². The monoisotopic (exact) mass is 287 g/mol. The number of benzene rings is 2. The third-order valence-electron chi connectivity index (χ3n) is 3.17. The van der Waals surface area contributed by atoms with Gasteiger partial charge in [-0.15, -0.1) is 0 Å². The molecular formula is C17H18FNO2. The fourth-order valence-corrected chi connectivity index (χ4v) is 2.12. The lowest BCUT2D eigenvalue weighted by Crippen LogP contribution is -2.27. The number of rotatable bonds is 6.